The van der Waals surface area contributed by atoms with Crippen molar-refractivity contribution < 1.29 is 33.6 Å². The molecular formula is C24H25N3O7. The predicted octanol–water partition coefficient (Wildman–Crippen LogP) is 2.03. The first kappa shape index (κ1) is 24.5. The smallest absolute Gasteiger partial charge is 0.348 e. The summed E-state index contributed by atoms with van der Waals surface area (Å²) in [6.07, 6.45) is -1.70. The minimum absolute atomic E-state index is 0.111. The van der Waals surface area contributed by atoms with Crippen LogP contribution in [-0.2, 0) is 19.9 Å². The maximum Gasteiger partial charge on any atom is 0.348 e. The van der Waals surface area contributed by atoms with E-state index in [1.54, 1.807) is 60.7 Å². The fourth-order valence-corrected chi connectivity index (χ4v) is 3.54. The average molecular weight is 467 g/mol. The van der Waals surface area contributed by atoms with E-state index in [1.165, 1.54) is 27.4 Å². The molecule has 1 aromatic heterocycles. The highest BCUT2D eigenvalue weighted by atomic mass is 16.5. The zero-order chi connectivity index (χ0) is 24.6. The van der Waals surface area contributed by atoms with E-state index in [9.17, 15) is 14.7 Å². The number of aliphatic carboxylic acids is 1. The molecule has 34 heavy (non-hydrogen) atoms. The number of amides is 1. The lowest BCUT2D eigenvalue weighted by atomic mass is 9.77. The highest BCUT2D eigenvalue weighted by Crippen LogP contribution is 2.36. The summed E-state index contributed by atoms with van der Waals surface area (Å²) in [6.45, 7) is -0.294. The fraction of sp³-hybridized carbons (Fsp3) is 0.250. The van der Waals surface area contributed by atoms with Crippen molar-refractivity contribution in [1.29, 1.82) is 0 Å². The van der Waals surface area contributed by atoms with Crippen molar-refractivity contribution in [2.24, 2.45) is 0 Å². The molecule has 0 saturated heterocycles. The standard InChI is InChI=1S/C24H25N3O7/c1-31-15-18(28)27-24(16-10-6-4-7-11-16,17-12-8-5-9-13-17)21(22(29)30)34-23-25-19(32-2)14-20(26-23)33-3/h4-14,21H,15H2,1-3H3,(H,27,28)(H,29,30). The zero-order valence-electron chi connectivity index (χ0n) is 18.9. The Hall–Kier alpha value is -4.18. The van der Waals surface area contributed by atoms with Crippen molar-refractivity contribution >= 4 is 11.9 Å². The van der Waals surface area contributed by atoms with Crippen LogP contribution in [0, 0.1) is 0 Å². The van der Waals surface area contributed by atoms with Gasteiger partial charge < -0.3 is 29.4 Å². The van der Waals surface area contributed by atoms with Crippen LogP contribution < -0.4 is 19.5 Å². The Morgan fingerprint density at radius 2 is 1.41 bits per heavy atom. The van der Waals surface area contributed by atoms with Crippen molar-refractivity contribution in [2.45, 2.75) is 11.6 Å². The van der Waals surface area contributed by atoms with Gasteiger partial charge >= 0.3 is 12.0 Å². The molecule has 1 unspecified atom stereocenters. The summed E-state index contributed by atoms with van der Waals surface area (Å²) < 4.78 is 21.2. The molecule has 0 aliphatic rings. The lowest BCUT2D eigenvalue weighted by Crippen LogP contribution is -2.60. The van der Waals surface area contributed by atoms with E-state index >= 15 is 0 Å². The highest BCUT2D eigenvalue weighted by Gasteiger charge is 2.50. The maximum atomic E-state index is 12.8. The van der Waals surface area contributed by atoms with Crippen LogP contribution in [0.5, 0.6) is 17.8 Å². The molecule has 2 N–H and O–H groups in total. The number of methoxy groups -OCH3 is 3. The van der Waals surface area contributed by atoms with Gasteiger partial charge in [-0.1, -0.05) is 60.7 Å². The lowest BCUT2D eigenvalue weighted by Gasteiger charge is -2.39. The molecule has 1 atom stereocenters. The lowest BCUT2D eigenvalue weighted by molar-refractivity contribution is -0.150. The minimum atomic E-state index is -1.70. The Bertz CT molecular complexity index is 1050. The third kappa shape index (κ3) is 5.24. The number of ether oxygens (including phenoxy) is 4. The number of rotatable bonds is 11. The number of nitrogens with zero attached hydrogens (tertiary/aromatic N) is 2. The average Bonchev–Trinajstić information content (AvgIpc) is 2.87. The molecule has 178 valence electrons. The fourth-order valence-electron chi connectivity index (χ4n) is 3.54. The van der Waals surface area contributed by atoms with Gasteiger partial charge in [-0.2, -0.15) is 9.97 Å². The number of carboxylic acid groups (broad SMARTS) is 1. The SMILES string of the molecule is COCC(=O)NC(c1ccccc1)(c1ccccc1)C(Oc1nc(OC)cc(OC)n1)C(=O)O. The first-order chi connectivity index (χ1) is 16.4. The largest absolute Gasteiger partial charge is 0.481 e. The van der Waals surface area contributed by atoms with Crippen LogP contribution in [0.15, 0.2) is 66.7 Å². The van der Waals surface area contributed by atoms with Gasteiger partial charge in [0.2, 0.25) is 23.8 Å². The number of hydrogen-bond acceptors (Lipinski definition) is 8. The Labute approximate surface area is 196 Å². The number of carboxylic acids is 1. The molecule has 1 amide bonds. The quantitative estimate of drug-likeness (QED) is 0.435. The van der Waals surface area contributed by atoms with E-state index in [2.05, 4.69) is 15.3 Å². The number of hydrogen-bond donors (Lipinski definition) is 2. The van der Waals surface area contributed by atoms with Crippen molar-refractivity contribution in [3.63, 3.8) is 0 Å². The summed E-state index contributed by atoms with van der Waals surface area (Å²) in [6, 6.07) is 18.4. The Kier molecular flexibility index (Phi) is 7.99. The third-order valence-corrected chi connectivity index (χ3v) is 4.99. The van der Waals surface area contributed by atoms with E-state index in [1.807, 2.05) is 0 Å². The van der Waals surface area contributed by atoms with Gasteiger partial charge in [-0.15, -0.1) is 0 Å². The van der Waals surface area contributed by atoms with Gasteiger partial charge in [0.1, 0.15) is 12.1 Å². The molecular weight excluding hydrogens is 442 g/mol. The Morgan fingerprint density at radius 3 is 1.82 bits per heavy atom. The predicted molar refractivity (Wildman–Crippen MR) is 121 cm³/mol. The summed E-state index contributed by atoms with van der Waals surface area (Å²) in [5, 5.41) is 13.2. The summed E-state index contributed by atoms with van der Waals surface area (Å²) in [5.74, 6) is -1.69. The van der Waals surface area contributed by atoms with E-state index in [4.69, 9.17) is 18.9 Å². The molecule has 0 radical (unpaired) electrons. The van der Waals surface area contributed by atoms with Gasteiger partial charge in [0.05, 0.1) is 20.3 Å². The van der Waals surface area contributed by atoms with E-state index in [0.29, 0.717) is 11.1 Å². The van der Waals surface area contributed by atoms with Gasteiger partial charge in [-0.3, -0.25) is 4.79 Å². The van der Waals surface area contributed by atoms with Gasteiger partial charge in [0.15, 0.2) is 0 Å². The van der Waals surface area contributed by atoms with Crippen molar-refractivity contribution in [1.82, 2.24) is 15.3 Å². The summed E-state index contributed by atoms with van der Waals surface area (Å²) in [4.78, 5) is 33.8. The molecule has 1 heterocycles. The van der Waals surface area contributed by atoms with Gasteiger partial charge in [-0.05, 0) is 11.1 Å². The van der Waals surface area contributed by atoms with Crippen LogP contribution >= 0.6 is 0 Å². The molecule has 0 spiro atoms. The molecule has 10 nitrogen and oxygen atoms in total. The van der Waals surface area contributed by atoms with Crippen LogP contribution in [0.3, 0.4) is 0 Å². The Morgan fingerprint density at radius 1 is 0.912 bits per heavy atom. The van der Waals surface area contributed by atoms with E-state index in [0.717, 1.165) is 0 Å². The first-order valence-corrected chi connectivity index (χ1v) is 10.2. The molecule has 0 bridgehead atoms. The van der Waals surface area contributed by atoms with Crippen LogP contribution in [0.4, 0.5) is 0 Å². The zero-order valence-corrected chi connectivity index (χ0v) is 18.9. The normalized spacial score (nSPS) is 11.9. The second-order valence-corrected chi connectivity index (χ2v) is 7.09. The van der Waals surface area contributed by atoms with Crippen LogP contribution in [0.25, 0.3) is 0 Å². The molecule has 0 aliphatic heterocycles. The second-order valence-electron chi connectivity index (χ2n) is 7.09. The molecule has 0 saturated carbocycles. The number of carbonyl (C=O) groups excluding carboxylic acids is 1. The molecule has 2 aromatic carbocycles. The summed E-state index contributed by atoms with van der Waals surface area (Å²) >= 11 is 0. The van der Waals surface area contributed by atoms with Gasteiger partial charge in [-0.25, -0.2) is 4.79 Å². The molecule has 3 aromatic rings. The second kappa shape index (κ2) is 11.1. The molecule has 0 fully saturated rings. The third-order valence-electron chi connectivity index (χ3n) is 4.99. The maximum absolute atomic E-state index is 12.8. The van der Waals surface area contributed by atoms with Crippen molar-refractivity contribution in [3.05, 3.63) is 77.9 Å². The molecule has 3 rings (SSSR count). The van der Waals surface area contributed by atoms with Crippen LogP contribution in [0.1, 0.15) is 11.1 Å². The highest BCUT2D eigenvalue weighted by molar-refractivity contribution is 5.83. The first-order valence-electron chi connectivity index (χ1n) is 10.2. The van der Waals surface area contributed by atoms with E-state index < -0.39 is 23.5 Å². The number of nitrogens with one attached hydrogen (secondary N) is 1. The minimum Gasteiger partial charge on any atom is -0.481 e. The number of benzene rings is 2. The molecule has 10 heteroatoms. The van der Waals surface area contributed by atoms with Crippen molar-refractivity contribution in [2.75, 3.05) is 27.9 Å². The van der Waals surface area contributed by atoms with Gasteiger partial charge in [0, 0.05) is 7.11 Å². The van der Waals surface area contributed by atoms with Crippen molar-refractivity contribution in [3.8, 4) is 17.8 Å². The number of aromatic nitrogens is 2. The van der Waals surface area contributed by atoms with Crippen LogP contribution in [0.2, 0.25) is 0 Å². The Balaban J connectivity index is 2.25. The summed E-state index contributed by atoms with van der Waals surface area (Å²) in [7, 11) is 4.15. The van der Waals surface area contributed by atoms with E-state index in [-0.39, 0.29) is 24.4 Å². The molecule has 0 aliphatic carbocycles. The topological polar surface area (TPSA) is 129 Å². The van der Waals surface area contributed by atoms with Crippen LogP contribution in [-0.4, -0.2) is 61.0 Å². The monoisotopic (exact) mass is 467 g/mol. The number of carbonyl (C=O) groups is 2. The summed E-state index contributed by atoms with van der Waals surface area (Å²) in [5.41, 5.74) is -0.746. The van der Waals surface area contributed by atoms with Gasteiger partial charge in [0.25, 0.3) is 0 Å².